The van der Waals surface area contributed by atoms with E-state index in [1.807, 2.05) is 25.1 Å². The van der Waals surface area contributed by atoms with Crippen molar-refractivity contribution in [2.45, 2.75) is 47.0 Å². The van der Waals surface area contributed by atoms with Crippen molar-refractivity contribution in [1.29, 1.82) is 0 Å². The number of carbonyl (C=O) groups is 2. The first-order chi connectivity index (χ1) is 12.1. The highest BCUT2D eigenvalue weighted by molar-refractivity contribution is 5.92. The van der Waals surface area contributed by atoms with Gasteiger partial charge in [0.05, 0.1) is 24.9 Å². The van der Waals surface area contributed by atoms with Crippen molar-refractivity contribution in [3.8, 4) is 0 Å². The number of nitrogens with zero attached hydrogens (tertiary/aromatic N) is 1. The molecule has 0 aliphatic heterocycles. The van der Waals surface area contributed by atoms with Crippen molar-refractivity contribution in [3.05, 3.63) is 23.8 Å². The van der Waals surface area contributed by atoms with E-state index >= 15 is 0 Å². The van der Waals surface area contributed by atoms with Gasteiger partial charge in [-0.05, 0) is 35.4 Å². The van der Waals surface area contributed by atoms with Crippen molar-refractivity contribution in [2.24, 2.45) is 17.6 Å². The number of amides is 2. The van der Waals surface area contributed by atoms with Crippen LogP contribution in [0.5, 0.6) is 0 Å². The quantitative estimate of drug-likeness (QED) is 0.650. The largest absolute Gasteiger partial charge is 0.469 e. The van der Waals surface area contributed by atoms with Gasteiger partial charge >= 0.3 is 12.0 Å². The summed E-state index contributed by atoms with van der Waals surface area (Å²) in [5, 5.41) is 2.74. The topological polar surface area (TPSA) is 84.7 Å². The highest BCUT2D eigenvalue weighted by Gasteiger charge is 2.18. The Hall–Kier alpha value is -2.24. The monoisotopic (exact) mass is 363 g/mol. The summed E-state index contributed by atoms with van der Waals surface area (Å²) in [7, 11) is 1.38. The van der Waals surface area contributed by atoms with Gasteiger partial charge in [0.2, 0.25) is 0 Å². The summed E-state index contributed by atoms with van der Waals surface area (Å²) in [6, 6.07) is 5.31. The van der Waals surface area contributed by atoms with Gasteiger partial charge in [0.25, 0.3) is 0 Å². The predicted octanol–water partition coefficient (Wildman–Crippen LogP) is 3.96. The van der Waals surface area contributed by atoms with Crippen LogP contribution in [0.4, 0.5) is 16.2 Å². The van der Waals surface area contributed by atoms with Crippen LogP contribution in [0.3, 0.4) is 0 Å². The summed E-state index contributed by atoms with van der Waals surface area (Å²) in [5.41, 5.74) is 7.96. The van der Waals surface area contributed by atoms with Crippen LogP contribution in [-0.2, 0) is 9.53 Å². The van der Waals surface area contributed by atoms with E-state index in [0.29, 0.717) is 17.5 Å². The lowest BCUT2D eigenvalue weighted by Crippen LogP contribution is -2.32. The molecule has 1 unspecified atom stereocenters. The summed E-state index contributed by atoms with van der Waals surface area (Å²) in [6.45, 7) is 12.4. The number of hydrogen-bond acceptors (Lipinski definition) is 4. The summed E-state index contributed by atoms with van der Waals surface area (Å²) < 4.78 is 4.75. The molecular weight excluding hydrogens is 330 g/mol. The third kappa shape index (κ3) is 6.94. The lowest BCUT2D eigenvalue weighted by atomic mass is 9.96. The molecule has 6 heteroatoms. The number of urea groups is 1. The Labute approximate surface area is 157 Å². The summed E-state index contributed by atoms with van der Waals surface area (Å²) in [5.74, 6) is 0.682. The number of rotatable bonds is 9. The molecule has 3 N–H and O–H groups in total. The Balaban J connectivity index is 3.24. The minimum atomic E-state index is -0.599. The number of methoxy groups -OCH3 is 1. The molecule has 146 valence electrons. The van der Waals surface area contributed by atoms with Crippen LogP contribution in [0.25, 0.3) is 0 Å². The van der Waals surface area contributed by atoms with Gasteiger partial charge in [0.1, 0.15) is 0 Å². The lowest BCUT2D eigenvalue weighted by molar-refractivity contribution is -0.140. The minimum Gasteiger partial charge on any atom is -0.469 e. The first-order valence-electron chi connectivity index (χ1n) is 9.16. The van der Waals surface area contributed by atoms with Crippen LogP contribution in [0.15, 0.2) is 18.2 Å². The zero-order chi connectivity index (χ0) is 19.9. The van der Waals surface area contributed by atoms with Crippen LogP contribution >= 0.6 is 0 Å². The van der Waals surface area contributed by atoms with Crippen LogP contribution in [-0.4, -0.2) is 32.2 Å². The molecule has 0 radical (unpaired) electrons. The smallest absolute Gasteiger partial charge is 0.316 e. The van der Waals surface area contributed by atoms with Crippen LogP contribution in [0.2, 0.25) is 0 Å². The van der Waals surface area contributed by atoms with Crippen LogP contribution in [0, 0.1) is 11.8 Å². The molecule has 1 aromatic rings. The molecule has 26 heavy (non-hydrogen) atoms. The molecule has 0 aliphatic rings. The molecule has 0 spiro atoms. The van der Waals surface area contributed by atoms with Crippen molar-refractivity contribution >= 4 is 23.4 Å². The van der Waals surface area contributed by atoms with E-state index in [4.69, 9.17) is 10.5 Å². The molecule has 0 heterocycles. The van der Waals surface area contributed by atoms with Crippen molar-refractivity contribution in [2.75, 3.05) is 30.4 Å². The molecule has 0 aliphatic carbocycles. The zero-order valence-electron chi connectivity index (χ0n) is 16.8. The Bertz CT molecular complexity index is 604. The fourth-order valence-corrected chi connectivity index (χ4v) is 2.97. The second-order valence-corrected chi connectivity index (χ2v) is 7.64. The number of anilines is 2. The predicted molar refractivity (Wildman–Crippen MR) is 107 cm³/mol. The molecule has 0 fully saturated rings. The number of hydrogen-bond donors (Lipinski definition) is 2. The molecule has 0 aromatic heterocycles. The molecule has 0 saturated carbocycles. The van der Waals surface area contributed by atoms with E-state index in [-0.39, 0.29) is 18.3 Å². The number of ether oxygens (including phenoxy) is 1. The summed E-state index contributed by atoms with van der Waals surface area (Å²) >= 11 is 0. The maximum Gasteiger partial charge on any atom is 0.316 e. The lowest BCUT2D eigenvalue weighted by Gasteiger charge is -2.31. The number of esters is 1. The van der Waals surface area contributed by atoms with Gasteiger partial charge in [0.15, 0.2) is 0 Å². The Kier molecular flexibility index (Phi) is 8.42. The Morgan fingerprint density at radius 2 is 1.69 bits per heavy atom. The highest BCUT2D eigenvalue weighted by Crippen LogP contribution is 2.32. The average molecular weight is 364 g/mol. The zero-order valence-corrected chi connectivity index (χ0v) is 16.8. The third-order valence-electron chi connectivity index (χ3n) is 4.06. The Morgan fingerprint density at radius 1 is 1.12 bits per heavy atom. The van der Waals surface area contributed by atoms with Gasteiger partial charge < -0.3 is 20.7 Å². The Morgan fingerprint density at radius 3 is 2.15 bits per heavy atom. The fourth-order valence-electron chi connectivity index (χ4n) is 2.97. The van der Waals surface area contributed by atoms with Gasteiger partial charge in [-0.1, -0.05) is 40.7 Å². The van der Waals surface area contributed by atoms with Gasteiger partial charge in [-0.25, -0.2) is 4.79 Å². The molecule has 0 saturated heterocycles. The minimum absolute atomic E-state index is 0.0198. The molecule has 1 atom stereocenters. The van der Waals surface area contributed by atoms with E-state index in [2.05, 4.69) is 37.9 Å². The van der Waals surface area contributed by atoms with Gasteiger partial charge in [0, 0.05) is 13.1 Å². The molecule has 6 nitrogen and oxygen atoms in total. The fraction of sp³-hybridized carbons (Fsp3) is 0.600. The van der Waals surface area contributed by atoms with E-state index in [1.54, 1.807) is 0 Å². The van der Waals surface area contributed by atoms with E-state index in [9.17, 15) is 9.59 Å². The normalized spacial score (nSPS) is 12.2. The number of benzene rings is 1. The van der Waals surface area contributed by atoms with Crippen molar-refractivity contribution < 1.29 is 14.3 Å². The molecule has 2 amide bonds. The number of carbonyl (C=O) groups excluding carboxylic acids is 2. The average Bonchev–Trinajstić information content (AvgIpc) is 2.52. The second-order valence-electron chi connectivity index (χ2n) is 7.64. The summed E-state index contributed by atoms with van der Waals surface area (Å²) in [4.78, 5) is 25.3. The van der Waals surface area contributed by atoms with Gasteiger partial charge in [-0.2, -0.15) is 0 Å². The number of nitrogens with one attached hydrogen (secondary N) is 1. The van der Waals surface area contributed by atoms with E-state index in [0.717, 1.165) is 24.3 Å². The van der Waals surface area contributed by atoms with E-state index < -0.39 is 6.03 Å². The maximum absolute atomic E-state index is 11.6. The number of nitrogens with two attached hydrogens (primary N) is 1. The van der Waals surface area contributed by atoms with Gasteiger partial charge in [-0.3, -0.25) is 4.79 Å². The summed E-state index contributed by atoms with van der Waals surface area (Å²) in [6.07, 6.45) is 0.285. The van der Waals surface area contributed by atoms with Crippen LogP contribution in [0.1, 0.15) is 52.5 Å². The van der Waals surface area contributed by atoms with E-state index in [1.165, 1.54) is 7.11 Å². The second kappa shape index (κ2) is 10.0. The van der Waals surface area contributed by atoms with Gasteiger partial charge in [-0.15, -0.1) is 0 Å². The SMILES string of the molecule is COC(=O)CC(C)c1ccc(N(CC(C)C)CC(C)C)c(NC(N)=O)c1. The molecular formula is C20H33N3O3. The third-order valence-corrected chi connectivity index (χ3v) is 4.06. The molecule has 0 bridgehead atoms. The molecule has 1 aromatic carbocycles. The first kappa shape index (κ1) is 21.8. The van der Waals surface area contributed by atoms with Crippen molar-refractivity contribution in [3.63, 3.8) is 0 Å². The standard InChI is InChI=1S/C20H33N3O3/c1-13(2)11-23(12-14(3)4)18-8-7-16(10-17(18)22-20(21)25)15(5)9-19(24)26-6/h7-8,10,13-15H,9,11-12H2,1-6H3,(H3,21,22,25). The number of primary amides is 1. The first-order valence-corrected chi connectivity index (χ1v) is 9.16. The molecule has 1 rings (SSSR count). The van der Waals surface area contributed by atoms with Crippen molar-refractivity contribution in [1.82, 2.24) is 0 Å². The van der Waals surface area contributed by atoms with Crippen LogP contribution < -0.4 is 16.0 Å². The maximum atomic E-state index is 11.6. The highest BCUT2D eigenvalue weighted by atomic mass is 16.5.